The highest BCUT2D eigenvalue weighted by Gasteiger charge is 2.35. The fraction of sp³-hybridized carbons (Fsp3) is 0.250. The van der Waals surface area contributed by atoms with Crippen molar-refractivity contribution in [2.24, 2.45) is 11.0 Å². The molecule has 1 atom stereocenters. The molecule has 0 aliphatic carbocycles. The van der Waals surface area contributed by atoms with Gasteiger partial charge in [0.25, 0.3) is 0 Å². The Morgan fingerprint density at radius 1 is 1.23 bits per heavy atom. The number of hydrogen-bond donors (Lipinski definition) is 1. The number of nitrogens with one attached hydrogen (secondary N) is 1. The topological polar surface area (TPSA) is 61.8 Å². The lowest BCUT2D eigenvalue weighted by Crippen LogP contribution is -2.30. The Balaban J connectivity index is 1.63. The van der Waals surface area contributed by atoms with Crippen molar-refractivity contribution in [1.82, 2.24) is 5.43 Å². The highest BCUT2D eigenvalue weighted by atomic mass is 127. The van der Waals surface area contributed by atoms with Gasteiger partial charge < -0.3 is 4.90 Å². The number of aryl methyl sites for hydroxylation is 2. The summed E-state index contributed by atoms with van der Waals surface area (Å²) in [6, 6.07) is 13.8. The first kappa shape index (κ1) is 18.6. The van der Waals surface area contributed by atoms with E-state index in [1.54, 1.807) is 11.1 Å². The Morgan fingerprint density at radius 2 is 1.96 bits per heavy atom. The normalized spacial score (nSPS) is 17.1. The number of carbonyl (C=O) groups is 2. The summed E-state index contributed by atoms with van der Waals surface area (Å²) in [5.74, 6) is -0.648. The number of amides is 2. The van der Waals surface area contributed by atoms with Crippen LogP contribution in [-0.4, -0.2) is 24.6 Å². The average Bonchev–Trinajstić information content (AvgIpc) is 3.00. The van der Waals surface area contributed by atoms with Crippen molar-refractivity contribution in [3.8, 4) is 0 Å². The highest BCUT2D eigenvalue weighted by Crippen LogP contribution is 2.28. The lowest BCUT2D eigenvalue weighted by Gasteiger charge is -2.19. The molecule has 2 amide bonds. The van der Waals surface area contributed by atoms with Gasteiger partial charge in [0.05, 0.1) is 12.1 Å². The van der Waals surface area contributed by atoms with E-state index in [9.17, 15) is 9.59 Å². The summed E-state index contributed by atoms with van der Waals surface area (Å²) < 4.78 is 1.14. The Kier molecular flexibility index (Phi) is 5.70. The van der Waals surface area contributed by atoms with Crippen LogP contribution in [0.3, 0.4) is 0 Å². The number of hydrazone groups is 1. The third kappa shape index (κ3) is 4.30. The average molecular weight is 461 g/mol. The SMILES string of the molecule is Cc1ccc(C)c(N2CC(C(=O)N/N=C/c3ccc(I)cc3)CC2=O)c1. The maximum Gasteiger partial charge on any atom is 0.245 e. The molecule has 1 aliphatic heterocycles. The van der Waals surface area contributed by atoms with Gasteiger partial charge in [-0.05, 0) is 71.3 Å². The van der Waals surface area contributed by atoms with Crippen LogP contribution in [0.25, 0.3) is 0 Å². The fourth-order valence-electron chi connectivity index (χ4n) is 2.94. The minimum absolute atomic E-state index is 0.0273. The highest BCUT2D eigenvalue weighted by molar-refractivity contribution is 14.1. The van der Waals surface area contributed by atoms with Crippen LogP contribution in [0.5, 0.6) is 0 Å². The van der Waals surface area contributed by atoms with Crippen molar-refractivity contribution < 1.29 is 9.59 Å². The molecule has 1 saturated heterocycles. The second kappa shape index (κ2) is 7.99. The van der Waals surface area contributed by atoms with Gasteiger partial charge in [-0.1, -0.05) is 24.3 Å². The second-order valence-electron chi connectivity index (χ2n) is 6.48. The van der Waals surface area contributed by atoms with Gasteiger partial charge in [0.2, 0.25) is 11.8 Å². The van der Waals surface area contributed by atoms with Gasteiger partial charge in [0.15, 0.2) is 0 Å². The van der Waals surface area contributed by atoms with Crippen LogP contribution in [0.4, 0.5) is 5.69 Å². The first-order valence-corrected chi connectivity index (χ1v) is 9.48. The molecule has 134 valence electrons. The largest absolute Gasteiger partial charge is 0.311 e. The lowest BCUT2D eigenvalue weighted by molar-refractivity contribution is -0.126. The summed E-state index contributed by atoms with van der Waals surface area (Å²) in [6.07, 6.45) is 1.81. The van der Waals surface area contributed by atoms with E-state index in [1.807, 2.05) is 56.3 Å². The van der Waals surface area contributed by atoms with Gasteiger partial charge in [-0.3, -0.25) is 9.59 Å². The molecule has 1 fully saturated rings. The molecule has 1 unspecified atom stereocenters. The number of nitrogens with zero attached hydrogens (tertiary/aromatic N) is 2. The van der Waals surface area contributed by atoms with E-state index < -0.39 is 5.92 Å². The molecule has 0 spiro atoms. The molecular weight excluding hydrogens is 441 g/mol. The van der Waals surface area contributed by atoms with Gasteiger partial charge in [0, 0.05) is 22.2 Å². The molecule has 0 aromatic heterocycles. The zero-order chi connectivity index (χ0) is 18.7. The number of benzene rings is 2. The number of carbonyl (C=O) groups excluding carboxylic acids is 2. The monoisotopic (exact) mass is 461 g/mol. The van der Waals surface area contributed by atoms with Crippen LogP contribution in [0.15, 0.2) is 47.6 Å². The van der Waals surface area contributed by atoms with Crippen molar-refractivity contribution in [3.05, 3.63) is 62.7 Å². The van der Waals surface area contributed by atoms with Gasteiger partial charge in [-0.25, -0.2) is 5.43 Å². The van der Waals surface area contributed by atoms with Crippen molar-refractivity contribution in [2.75, 3.05) is 11.4 Å². The molecule has 0 bridgehead atoms. The van der Waals surface area contributed by atoms with Gasteiger partial charge in [-0.2, -0.15) is 5.10 Å². The molecule has 1 aliphatic rings. The molecule has 0 saturated carbocycles. The summed E-state index contributed by atoms with van der Waals surface area (Å²) >= 11 is 2.23. The van der Waals surface area contributed by atoms with Crippen LogP contribution >= 0.6 is 22.6 Å². The predicted molar refractivity (Wildman–Crippen MR) is 111 cm³/mol. The maximum atomic E-state index is 12.4. The molecule has 5 nitrogen and oxygen atoms in total. The van der Waals surface area contributed by atoms with Gasteiger partial charge in [0.1, 0.15) is 0 Å². The van der Waals surface area contributed by atoms with Crippen LogP contribution in [-0.2, 0) is 9.59 Å². The minimum Gasteiger partial charge on any atom is -0.311 e. The van der Waals surface area contributed by atoms with Crippen molar-refractivity contribution in [3.63, 3.8) is 0 Å². The van der Waals surface area contributed by atoms with E-state index in [1.165, 1.54) is 0 Å². The number of hydrogen-bond acceptors (Lipinski definition) is 3. The van der Waals surface area contributed by atoms with E-state index in [0.29, 0.717) is 6.54 Å². The van der Waals surface area contributed by atoms with E-state index in [0.717, 1.165) is 25.9 Å². The first-order valence-electron chi connectivity index (χ1n) is 8.40. The summed E-state index contributed by atoms with van der Waals surface area (Å²) in [7, 11) is 0. The summed E-state index contributed by atoms with van der Waals surface area (Å²) in [4.78, 5) is 26.4. The standard InChI is InChI=1S/C20H20IN3O2/c1-13-3-4-14(2)18(9-13)24-12-16(10-19(24)25)20(26)23-22-11-15-5-7-17(21)8-6-15/h3-9,11,16H,10,12H2,1-2H3,(H,23,26)/b22-11+. The minimum atomic E-state index is -0.392. The van der Waals surface area contributed by atoms with Crippen molar-refractivity contribution in [2.45, 2.75) is 20.3 Å². The molecular formula is C20H20IN3O2. The molecule has 6 heteroatoms. The number of anilines is 1. The summed E-state index contributed by atoms with van der Waals surface area (Å²) in [6.45, 7) is 4.35. The fourth-order valence-corrected chi connectivity index (χ4v) is 3.30. The van der Waals surface area contributed by atoms with Crippen LogP contribution in [0, 0.1) is 23.3 Å². The molecule has 0 radical (unpaired) electrons. The molecule has 1 N–H and O–H groups in total. The van der Waals surface area contributed by atoms with E-state index in [-0.39, 0.29) is 18.2 Å². The van der Waals surface area contributed by atoms with Crippen LogP contribution in [0.2, 0.25) is 0 Å². The van der Waals surface area contributed by atoms with Crippen molar-refractivity contribution >= 4 is 46.3 Å². The maximum absolute atomic E-state index is 12.4. The summed E-state index contributed by atoms with van der Waals surface area (Å²) in [5.41, 5.74) is 6.47. The Labute approximate surface area is 166 Å². The first-order chi connectivity index (χ1) is 12.4. The lowest BCUT2D eigenvalue weighted by atomic mass is 10.1. The quantitative estimate of drug-likeness (QED) is 0.431. The van der Waals surface area contributed by atoms with Gasteiger partial charge in [-0.15, -0.1) is 0 Å². The molecule has 3 rings (SSSR count). The van der Waals surface area contributed by atoms with E-state index >= 15 is 0 Å². The molecule has 2 aromatic rings. The zero-order valence-electron chi connectivity index (χ0n) is 14.7. The second-order valence-corrected chi connectivity index (χ2v) is 7.73. The Bertz CT molecular complexity index is 862. The van der Waals surface area contributed by atoms with Crippen molar-refractivity contribution in [1.29, 1.82) is 0 Å². The molecule has 1 heterocycles. The predicted octanol–water partition coefficient (Wildman–Crippen LogP) is 3.41. The third-order valence-corrected chi connectivity index (χ3v) is 5.13. The van der Waals surface area contributed by atoms with Gasteiger partial charge >= 0.3 is 0 Å². The van der Waals surface area contributed by atoms with E-state index in [4.69, 9.17) is 0 Å². The van der Waals surface area contributed by atoms with E-state index in [2.05, 4.69) is 33.1 Å². The zero-order valence-corrected chi connectivity index (χ0v) is 16.9. The Morgan fingerprint density at radius 3 is 2.69 bits per heavy atom. The van der Waals surface area contributed by atoms with Crippen LogP contribution in [0.1, 0.15) is 23.1 Å². The van der Waals surface area contributed by atoms with Crippen LogP contribution < -0.4 is 10.3 Å². The Hall–Kier alpha value is -2.22. The number of halogens is 1. The smallest absolute Gasteiger partial charge is 0.245 e. The third-order valence-electron chi connectivity index (χ3n) is 4.41. The summed E-state index contributed by atoms with van der Waals surface area (Å²) in [5, 5.41) is 4.01. The molecule has 2 aromatic carbocycles. The number of rotatable bonds is 4. The molecule has 26 heavy (non-hydrogen) atoms.